The molecule has 0 bridgehead atoms. The van der Waals surface area contributed by atoms with Gasteiger partial charge in [0.05, 0.1) is 17.6 Å². The van der Waals surface area contributed by atoms with Gasteiger partial charge in [-0.25, -0.2) is 0 Å². The Morgan fingerprint density at radius 2 is 1.92 bits per heavy atom. The lowest BCUT2D eigenvalue weighted by Crippen LogP contribution is -2.43. The van der Waals surface area contributed by atoms with Gasteiger partial charge in [0.2, 0.25) is 5.91 Å². The van der Waals surface area contributed by atoms with E-state index >= 15 is 0 Å². The molecule has 0 aliphatic heterocycles. The molecule has 1 N–H and O–H groups in total. The Morgan fingerprint density at radius 3 is 2.54 bits per heavy atom. The highest BCUT2D eigenvalue weighted by Gasteiger charge is 2.20. The zero-order valence-electron chi connectivity index (χ0n) is 16.0. The topological polar surface area (TPSA) is 41.6 Å². The first-order chi connectivity index (χ1) is 12.3. The molecule has 0 heterocycles. The number of aryl methyl sites for hydroxylation is 1. The quantitative estimate of drug-likeness (QED) is 0.721. The first-order valence-electron chi connectivity index (χ1n) is 8.72. The first-order valence-corrected chi connectivity index (χ1v) is 9.51. The van der Waals surface area contributed by atoms with Gasteiger partial charge in [0, 0.05) is 19.6 Å². The minimum atomic E-state index is -0.278. The number of carbonyl (C=O) groups excluding carboxylic acids is 1. The molecule has 0 aliphatic carbocycles. The number of nitrogens with zero attached hydrogens (tertiary/aromatic N) is 1. The number of nitrogens with one attached hydrogen (secondary N) is 1. The third-order valence-electron chi connectivity index (χ3n) is 4.59. The summed E-state index contributed by atoms with van der Waals surface area (Å²) in [5.41, 5.74) is 3.46. The highest BCUT2D eigenvalue weighted by atomic mass is 79.9. The van der Waals surface area contributed by atoms with E-state index in [1.54, 1.807) is 12.0 Å². The molecule has 0 radical (unpaired) electrons. The van der Waals surface area contributed by atoms with E-state index in [9.17, 15) is 4.79 Å². The van der Waals surface area contributed by atoms with Crippen LogP contribution < -0.4 is 10.1 Å². The molecule has 0 fully saturated rings. The number of hydrogen-bond acceptors (Lipinski definition) is 3. The number of ether oxygens (including phenoxy) is 1. The van der Waals surface area contributed by atoms with E-state index in [1.165, 1.54) is 11.1 Å². The SMILES string of the molecule is COc1ccc(C(C)NC(C)C(=O)N(C)Cc2ccccc2C)cc1Br. The molecule has 2 rings (SSSR count). The van der Waals surface area contributed by atoms with Gasteiger partial charge >= 0.3 is 0 Å². The zero-order valence-corrected chi connectivity index (χ0v) is 17.6. The molecular weight excluding hydrogens is 392 g/mol. The highest BCUT2D eigenvalue weighted by Crippen LogP contribution is 2.28. The lowest BCUT2D eigenvalue weighted by atomic mass is 10.1. The van der Waals surface area contributed by atoms with Crippen LogP contribution in [0, 0.1) is 6.92 Å². The minimum Gasteiger partial charge on any atom is -0.496 e. The number of likely N-dealkylation sites (N-methyl/N-ethyl adjacent to an activating group) is 1. The van der Waals surface area contributed by atoms with Crippen LogP contribution in [0.3, 0.4) is 0 Å². The molecule has 0 saturated heterocycles. The summed E-state index contributed by atoms with van der Waals surface area (Å²) in [5, 5.41) is 3.39. The smallest absolute Gasteiger partial charge is 0.239 e. The van der Waals surface area contributed by atoms with Gasteiger partial charge in [0.15, 0.2) is 0 Å². The summed E-state index contributed by atoms with van der Waals surface area (Å²) in [6.45, 7) is 6.64. The molecule has 2 atom stereocenters. The number of hydrogen-bond donors (Lipinski definition) is 1. The molecule has 0 aliphatic rings. The van der Waals surface area contributed by atoms with Crippen LogP contribution in [-0.4, -0.2) is 31.0 Å². The third kappa shape index (κ3) is 5.08. The van der Waals surface area contributed by atoms with Crippen molar-refractivity contribution in [2.45, 2.75) is 39.4 Å². The molecule has 0 aromatic heterocycles. The van der Waals surface area contributed by atoms with E-state index in [-0.39, 0.29) is 18.0 Å². The molecule has 0 saturated carbocycles. The van der Waals surface area contributed by atoms with E-state index in [4.69, 9.17) is 4.74 Å². The fourth-order valence-corrected chi connectivity index (χ4v) is 3.50. The summed E-state index contributed by atoms with van der Waals surface area (Å²) in [5.74, 6) is 0.871. The van der Waals surface area contributed by atoms with Crippen molar-refractivity contribution >= 4 is 21.8 Å². The van der Waals surface area contributed by atoms with Gasteiger partial charge in [0.25, 0.3) is 0 Å². The maximum absolute atomic E-state index is 12.7. The van der Waals surface area contributed by atoms with E-state index in [1.807, 2.05) is 44.3 Å². The Kier molecular flexibility index (Phi) is 7.23. The summed E-state index contributed by atoms with van der Waals surface area (Å²) in [4.78, 5) is 14.5. The van der Waals surface area contributed by atoms with Gasteiger partial charge in [-0.05, 0) is 65.5 Å². The van der Waals surface area contributed by atoms with Crippen LogP contribution in [0.25, 0.3) is 0 Å². The molecule has 2 aromatic rings. The Hall–Kier alpha value is -1.85. The van der Waals surface area contributed by atoms with Crippen molar-refractivity contribution in [2.24, 2.45) is 0 Å². The van der Waals surface area contributed by atoms with Gasteiger partial charge in [-0.15, -0.1) is 0 Å². The number of benzene rings is 2. The Bertz CT molecular complexity index is 763. The molecule has 4 nitrogen and oxygen atoms in total. The standard InChI is InChI=1S/C21H27BrN2O2/c1-14-8-6-7-9-18(14)13-24(4)21(25)16(3)23-15(2)17-10-11-20(26-5)19(22)12-17/h6-12,15-16,23H,13H2,1-5H3. The van der Waals surface area contributed by atoms with Crippen molar-refractivity contribution in [2.75, 3.05) is 14.2 Å². The largest absolute Gasteiger partial charge is 0.496 e. The fourth-order valence-electron chi connectivity index (χ4n) is 2.95. The van der Waals surface area contributed by atoms with E-state index in [2.05, 4.69) is 47.2 Å². The average molecular weight is 419 g/mol. The van der Waals surface area contributed by atoms with Crippen molar-refractivity contribution in [3.8, 4) is 5.75 Å². The lowest BCUT2D eigenvalue weighted by molar-refractivity contribution is -0.132. The molecule has 1 amide bonds. The Balaban J connectivity index is 1.99. The van der Waals surface area contributed by atoms with E-state index in [0.717, 1.165) is 15.8 Å². The number of rotatable bonds is 7. The Labute approximate surface area is 164 Å². The summed E-state index contributed by atoms with van der Waals surface area (Å²) >= 11 is 3.51. The van der Waals surface area contributed by atoms with Crippen LogP contribution in [0.2, 0.25) is 0 Å². The van der Waals surface area contributed by atoms with Crippen LogP contribution in [0.1, 0.15) is 36.6 Å². The molecule has 140 valence electrons. The van der Waals surface area contributed by atoms with Gasteiger partial charge in [-0.2, -0.15) is 0 Å². The van der Waals surface area contributed by atoms with Crippen LogP contribution in [-0.2, 0) is 11.3 Å². The summed E-state index contributed by atoms with van der Waals surface area (Å²) < 4.78 is 6.17. The number of halogens is 1. The average Bonchev–Trinajstić information content (AvgIpc) is 2.62. The van der Waals surface area contributed by atoms with Crippen molar-refractivity contribution in [3.05, 3.63) is 63.6 Å². The number of carbonyl (C=O) groups is 1. The second kappa shape index (κ2) is 9.19. The first kappa shape index (κ1) is 20.5. The summed E-state index contributed by atoms with van der Waals surface area (Å²) in [6, 6.07) is 13.9. The van der Waals surface area contributed by atoms with E-state index in [0.29, 0.717) is 6.54 Å². The molecule has 2 unspecified atom stereocenters. The van der Waals surface area contributed by atoms with Crippen molar-refractivity contribution in [3.63, 3.8) is 0 Å². The van der Waals surface area contributed by atoms with Crippen LogP contribution in [0.5, 0.6) is 5.75 Å². The monoisotopic (exact) mass is 418 g/mol. The van der Waals surface area contributed by atoms with Gasteiger partial charge in [-0.3, -0.25) is 10.1 Å². The van der Waals surface area contributed by atoms with Crippen molar-refractivity contribution < 1.29 is 9.53 Å². The summed E-state index contributed by atoms with van der Waals surface area (Å²) in [6.07, 6.45) is 0. The maximum Gasteiger partial charge on any atom is 0.239 e. The van der Waals surface area contributed by atoms with Gasteiger partial charge < -0.3 is 9.64 Å². The normalized spacial score (nSPS) is 13.2. The molecule has 0 spiro atoms. The van der Waals surface area contributed by atoms with Crippen molar-refractivity contribution in [1.29, 1.82) is 0 Å². The minimum absolute atomic E-state index is 0.0445. The fraction of sp³-hybridized carbons (Fsp3) is 0.381. The van der Waals surface area contributed by atoms with Crippen molar-refractivity contribution in [1.82, 2.24) is 10.2 Å². The third-order valence-corrected chi connectivity index (χ3v) is 5.21. The van der Waals surface area contributed by atoms with E-state index < -0.39 is 0 Å². The van der Waals surface area contributed by atoms with Crippen LogP contribution in [0.15, 0.2) is 46.9 Å². The molecule has 26 heavy (non-hydrogen) atoms. The zero-order chi connectivity index (χ0) is 19.3. The molecule has 2 aromatic carbocycles. The predicted octanol–water partition coefficient (Wildman–Crippen LogP) is 4.46. The maximum atomic E-state index is 12.7. The van der Waals surface area contributed by atoms with Gasteiger partial charge in [0.1, 0.15) is 5.75 Å². The number of methoxy groups -OCH3 is 1. The Morgan fingerprint density at radius 1 is 1.23 bits per heavy atom. The predicted molar refractivity (Wildman–Crippen MR) is 109 cm³/mol. The van der Waals surface area contributed by atoms with Crippen LogP contribution in [0.4, 0.5) is 0 Å². The number of amides is 1. The molecular formula is C21H27BrN2O2. The second-order valence-electron chi connectivity index (χ2n) is 6.62. The second-order valence-corrected chi connectivity index (χ2v) is 7.48. The highest BCUT2D eigenvalue weighted by molar-refractivity contribution is 9.10. The molecule has 5 heteroatoms. The summed E-state index contributed by atoms with van der Waals surface area (Å²) in [7, 11) is 3.49. The lowest BCUT2D eigenvalue weighted by Gasteiger charge is -2.25. The van der Waals surface area contributed by atoms with Crippen LogP contribution >= 0.6 is 15.9 Å². The van der Waals surface area contributed by atoms with Gasteiger partial charge in [-0.1, -0.05) is 30.3 Å².